The Morgan fingerprint density at radius 2 is 1.78 bits per heavy atom. The summed E-state index contributed by atoms with van der Waals surface area (Å²) in [6.07, 6.45) is 2.74. The third kappa shape index (κ3) is 4.65. The normalized spacial score (nSPS) is 14.2. The number of nitrogens with zero attached hydrogens (tertiary/aromatic N) is 3. The summed E-state index contributed by atoms with van der Waals surface area (Å²) in [7, 11) is 0. The van der Waals surface area contributed by atoms with E-state index in [4.69, 9.17) is 17.3 Å². The first kappa shape index (κ1) is 21.6. The molecule has 1 aliphatic rings. The number of piperidine rings is 1. The zero-order chi connectivity index (χ0) is 22.7. The number of carbonyl (C=O) groups is 3. The van der Waals surface area contributed by atoms with Gasteiger partial charge in [-0.1, -0.05) is 29.8 Å². The largest absolute Gasteiger partial charge is 0.369 e. The number of aromatic nitrogens is 2. The minimum atomic E-state index is -0.432. The standard InChI is InChI=1S/C23H22ClN5O3/c24-16-4-3-5-17(14-16)29-13-10-20(27-29)22(31)26-19-7-2-1-6-18(19)23(32)28-11-8-15(9-12-28)21(25)30/h1-7,10,13-15H,8-9,11-12H2,(H2,25,30)(H,26,31). The van der Waals surface area contributed by atoms with Crippen molar-refractivity contribution in [1.29, 1.82) is 0 Å². The number of halogens is 1. The number of anilines is 1. The Labute approximate surface area is 190 Å². The van der Waals surface area contributed by atoms with Gasteiger partial charge in [0.05, 0.1) is 16.9 Å². The van der Waals surface area contributed by atoms with Crippen LogP contribution in [0.2, 0.25) is 5.02 Å². The average Bonchev–Trinajstić information content (AvgIpc) is 3.30. The van der Waals surface area contributed by atoms with Crippen LogP contribution in [0.3, 0.4) is 0 Å². The van der Waals surface area contributed by atoms with Crippen LogP contribution in [0, 0.1) is 5.92 Å². The van der Waals surface area contributed by atoms with E-state index in [0.717, 1.165) is 5.69 Å². The summed E-state index contributed by atoms with van der Waals surface area (Å²) in [5, 5.41) is 7.67. The van der Waals surface area contributed by atoms with Crippen molar-refractivity contribution in [3.63, 3.8) is 0 Å². The van der Waals surface area contributed by atoms with E-state index < -0.39 is 5.91 Å². The maximum absolute atomic E-state index is 13.1. The van der Waals surface area contributed by atoms with Crippen molar-refractivity contribution in [1.82, 2.24) is 14.7 Å². The van der Waals surface area contributed by atoms with Crippen LogP contribution in [-0.2, 0) is 4.79 Å². The van der Waals surface area contributed by atoms with Gasteiger partial charge in [0.15, 0.2) is 5.69 Å². The molecule has 3 aromatic rings. The van der Waals surface area contributed by atoms with Gasteiger partial charge in [-0.25, -0.2) is 4.68 Å². The lowest BCUT2D eigenvalue weighted by Gasteiger charge is -2.31. The number of para-hydroxylation sites is 1. The minimum absolute atomic E-state index is 0.201. The first-order chi connectivity index (χ1) is 15.4. The van der Waals surface area contributed by atoms with Gasteiger partial charge in [-0.15, -0.1) is 0 Å². The van der Waals surface area contributed by atoms with E-state index in [1.54, 1.807) is 64.3 Å². The molecule has 3 N–H and O–H groups in total. The van der Waals surface area contributed by atoms with Gasteiger partial charge in [-0.2, -0.15) is 5.10 Å². The zero-order valence-corrected chi connectivity index (χ0v) is 18.0. The van der Waals surface area contributed by atoms with Crippen LogP contribution < -0.4 is 11.1 Å². The molecule has 8 nitrogen and oxygen atoms in total. The number of hydrogen-bond acceptors (Lipinski definition) is 4. The molecule has 3 amide bonds. The number of carbonyl (C=O) groups excluding carboxylic acids is 3. The Balaban J connectivity index is 1.48. The first-order valence-electron chi connectivity index (χ1n) is 10.2. The Bertz CT molecular complexity index is 1170. The van der Waals surface area contributed by atoms with Gasteiger partial charge >= 0.3 is 0 Å². The van der Waals surface area contributed by atoms with Crippen LogP contribution in [0.1, 0.15) is 33.7 Å². The molecule has 2 heterocycles. The fourth-order valence-corrected chi connectivity index (χ4v) is 3.89. The van der Waals surface area contributed by atoms with E-state index in [1.807, 2.05) is 6.07 Å². The lowest BCUT2D eigenvalue weighted by molar-refractivity contribution is -0.123. The van der Waals surface area contributed by atoms with Crippen LogP contribution >= 0.6 is 11.6 Å². The highest BCUT2D eigenvalue weighted by molar-refractivity contribution is 6.30. The molecule has 0 saturated carbocycles. The second kappa shape index (κ2) is 9.23. The topological polar surface area (TPSA) is 110 Å². The molecule has 0 atom stereocenters. The van der Waals surface area contributed by atoms with Crippen molar-refractivity contribution in [2.45, 2.75) is 12.8 Å². The molecule has 0 spiro atoms. The molecular weight excluding hydrogens is 430 g/mol. The van der Waals surface area contributed by atoms with Crippen LogP contribution in [-0.4, -0.2) is 45.5 Å². The number of rotatable bonds is 5. The van der Waals surface area contributed by atoms with Gasteiger partial charge < -0.3 is 16.0 Å². The molecule has 9 heteroatoms. The maximum Gasteiger partial charge on any atom is 0.276 e. The summed E-state index contributed by atoms with van der Waals surface area (Å²) in [4.78, 5) is 38.9. The Kier molecular flexibility index (Phi) is 6.23. The molecule has 1 fully saturated rings. The van der Waals surface area contributed by atoms with Gasteiger partial charge in [0.1, 0.15) is 0 Å². The molecule has 0 bridgehead atoms. The Hall–Kier alpha value is -3.65. The van der Waals surface area contributed by atoms with E-state index in [0.29, 0.717) is 42.2 Å². The van der Waals surface area contributed by atoms with Crippen molar-refractivity contribution in [2.75, 3.05) is 18.4 Å². The van der Waals surface area contributed by atoms with Crippen molar-refractivity contribution in [2.24, 2.45) is 11.7 Å². The quantitative estimate of drug-likeness (QED) is 0.620. The number of benzene rings is 2. The lowest BCUT2D eigenvalue weighted by atomic mass is 9.95. The van der Waals surface area contributed by atoms with Gasteiger partial charge in [-0.3, -0.25) is 14.4 Å². The second-order valence-electron chi connectivity index (χ2n) is 7.59. The van der Waals surface area contributed by atoms with Gasteiger partial charge in [0.2, 0.25) is 5.91 Å². The van der Waals surface area contributed by atoms with Crippen LogP contribution in [0.15, 0.2) is 60.8 Å². The number of nitrogens with two attached hydrogens (primary N) is 1. The second-order valence-corrected chi connectivity index (χ2v) is 8.03. The smallest absolute Gasteiger partial charge is 0.276 e. The highest BCUT2D eigenvalue weighted by atomic mass is 35.5. The fraction of sp³-hybridized carbons (Fsp3) is 0.217. The van der Waals surface area contributed by atoms with Crippen LogP contribution in [0.4, 0.5) is 5.69 Å². The molecule has 1 saturated heterocycles. The van der Waals surface area contributed by atoms with Crippen molar-refractivity contribution >= 4 is 35.0 Å². The van der Waals surface area contributed by atoms with Crippen LogP contribution in [0.25, 0.3) is 5.69 Å². The number of likely N-dealkylation sites (tertiary alicyclic amines) is 1. The summed E-state index contributed by atoms with van der Waals surface area (Å²) in [6, 6.07) is 15.6. The van der Waals surface area contributed by atoms with E-state index in [-0.39, 0.29) is 23.4 Å². The summed E-state index contributed by atoms with van der Waals surface area (Å²) < 4.78 is 1.56. The van der Waals surface area contributed by atoms with E-state index in [2.05, 4.69) is 10.4 Å². The van der Waals surface area contributed by atoms with Crippen LogP contribution in [0.5, 0.6) is 0 Å². The molecule has 2 aromatic carbocycles. The van der Waals surface area contributed by atoms with E-state index in [9.17, 15) is 14.4 Å². The maximum atomic E-state index is 13.1. The molecular formula is C23H22ClN5O3. The Morgan fingerprint density at radius 3 is 2.50 bits per heavy atom. The minimum Gasteiger partial charge on any atom is -0.369 e. The zero-order valence-electron chi connectivity index (χ0n) is 17.2. The fourth-order valence-electron chi connectivity index (χ4n) is 3.71. The Morgan fingerprint density at radius 1 is 1.03 bits per heavy atom. The molecule has 0 aliphatic carbocycles. The summed E-state index contributed by atoms with van der Waals surface area (Å²) in [6.45, 7) is 0.886. The highest BCUT2D eigenvalue weighted by Gasteiger charge is 2.27. The number of primary amides is 1. The summed E-state index contributed by atoms with van der Waals surface area (Å²) >= 11 is 6.03. The molecule has 1 aromatic heterocycles. The third-order valence-electron chi connectivity index (χ3n) is 5.48. The molecule has 4 rings (SSSR count). The van der Waals surface area contributed by atoms with Crippen molar-refractivity contribution in [3.8, 4) is 5.69 Å². The van der Waals surface area contributed by atoms with Crippen molar-refractivity contribution in [3.05, 3.63) is 77.1 Å². The SMILES string of the molecule is NC(=O)C1CCN(C(=O)c2ccccc2NC(=O)c2ccn(-c3cccc(Cl)c3)n2)CC1. The number of amides is 3. The third-order valence-corrected chi connectivity index (χ3v) is 5.72. The summed E-state index contributed by atoms with van der Waals surface area (Å²) in [5.74, 6) is -1.17. The molecule has 0 radical (unpaired) electrons. The predicted molar refractivity (Wildman–Crippen MR) is 121 cm³/mol. The highest BCUT2D eigenvalue weighted by Crippen LogP contribution is 2.23. The number of hydrogen-bond donors (Lipinski definition) is 2. The van der Waals surface area contributed by atoms with Gasteiger partial charge in [0.25, 0.3) is 11.8 Å². The van der Waals surface area contributed by atoms with E-state index in [1.165, 1.54) is 0 Å². The molecule has 0 unspecified atom stereocenters. The monoisotopic (exact) mass is 451 g/mol. The first-order valence-corrected chi connectivity index (χ1v) is 10.6. The lowest BCUT2D eigenvalue weighted by Crippen LogP contribution is -2.42. The number of nitrogens with one attached hydrogen (secondary N) is 1. The predicted octanol–water partition coefficient (Wildman–Crippen LogP) is 3.12. The van der Waals surface area contributed by atoms with E-state index >= 15 is 0 Å². The molecule has 1 aliphatic heterocycles. The molecule has 164 valence electrons. The average molecular weight is 452 g/mol. The van der Waals surface area contributed by atoms with Gasteiger partial charge in [-0.05, 0) is 49.2 Å². The molecule has 32 heavy (non-hydrogen) atoms. The van der Waals surface area contributed by atoms with Crippen molar-refractivity contribution < 1.29 is 14.4 Å². The summed E-state index contributed by atoms with van der Waals surface area (Å²) in [5.41, 5.74) is 7.09. The van der Waals surface area contributed by atoms with Gasteiger partial charge in [0, 0.05) is 30.2 Å².